The standard InChI is InChI=1S/C21H22N4O5/c1-30-19-5-3-2-4-17(19)24-20(26)14-18(21(24)27)23-12-10-22(11-13-23)15-6-8-16(9-7-15)25(28)29/h2-9,18H,10-14H2,1H3/p+1/t18-/m1/s1. The molecule has 1 atom stereocenters. The van der Waals surface area contributed by atoms with Crippen molar-refractivity contribution < 1.29 is 24.1 Å². The zero-order valence-corrected chi connectivity index (χ0v) is 16.6. The molecule has 2 fully saturated rings. The molecule has 2 amide bonds. The second-order valence-corrected chi connectivity index (χ2v) is 7.41. The molecular formula is C21H23N4O5+. The highest BCUT2D eigenvalue weighted by Crippen LogP contribution is 2.31. The van der Waals surface area contributed by atoms with E-state index in [0.717, 1.165) is 10.6 Å². The molecule has 4 rings (SSSR count). The van der Waals surface area contributed by atoms with Crippen molar-refractivity contribution in [3.05, 3.63) is 58.6 Å². The van der Waals surface area contributed by atoms with E-state index in [1.54, 1.807) is 36.4 Å². The summed E-state index contributed by atoms with van der Waals surface area (Å²) in [6.45, 7) is 2.83. The highest BCUT2D eigenvalue weighted by Gasteiger charge is 2.47. The molecule has 0 radical (unpaired) electrons. The Bertz CT molecular complexity index is 970. The molecule has 2 aliphatic rings. The number of nitrogens with zero attached hydrogens (tertiary/aromatic N) is 3. The largest absolute Gasteiger partial charge is 0.495 e. The lowest BCUT2D eigenvalue weighted by Crippen LogP contribution is -3.19. The summed E-state index contributed by atoms with van der Waals surface area (Å²) >= 11 is 0. The van der Waals surface area contributed by atoms with Crippen molar-refractivity contribution in [3.8, 4) is 5.75 Å². The monoisotopic (exact) mass is 411 g/mol. The first-order valence-corrected chi connectivity index (χ1v) is 9.83. The zero-order chi connectivity index (χ0) is 21.3. The second-order valence-electron chi connectivity index (χ2n) is 7.41. The maximum Gasteiger partial charge on any atom is 0.292 e. The van der Waals surface area contributed by atoms with Gasteiger partial charge >= 0.3 is 0 Å². The minimum Gasteiger partial charge on any atom is -0.495 e. The van der Waals surface area contributed by atoms with Crippen molar-refractivity contribution in [2.75, 3.05) is 43.1 Å². The van der Waals surface area contributed by atoms with Crippen LogP contribution in [0.5, 0.6) is 5.75 Å². The van der Waals surface area contributed by atoms with Gasteiger partial charge in [-0.2, -0.15) is 0 Å². The van der Waals surface area contributed by atoms with Crippen molar-refractivity contribution in [2.24, 2.45) is 0 Å². The molecule has 1 N–H and O–H groups in total. The highest BCUT2D eigenvalue weighted by molar-refractivity contribution is 6.22. The average Bonchev–Trinajstić information content (AvgIpc) is 3.07. The lowest BCUT2D eigenvalue weighted by Gasteiger charge is -2.35. The number of piperazine rings is 1. The molecule has 0 bridgehead atoms. The molecule has 2 saturated heterocycles. The van der Waals surface area contributed by atoms with Crippen molar-refractivity contribution >= 4 is 28.9 Å². The summed E-state index contributed by atoms with van der Waals surface area (Å²) in [7, 11) is 1.52. The molecule has 0 aromatic heterocycles. The molecule has 156 valence electrons. The van der Waals surface area contributed by atoms with Gasteiger partial charge < -0.3 is 14.5 Å². The molecule has 2 aliphatic heterocycles. The molecule has 2 aromatic rings. The number of ether oxygens (including phenoxy) is 1. The average molecular weight is 411 g/mol. The number of carbonyl (C=O) groups is 2. The van der Waals surface area contributed by atoms with E-state index >= 15 is 0 Å². The van der Waals surface area contributed by atoms with E-state index < -0.39 is 11.0 Å². The fraction of sp³-hybridized carbons (Fsp3) is 0.333. The summed E-state index contributed by atoms with van der Waals surface area (Å²) in [4.78, 5) is 40.6. The van der Waals surface area contributed by atoms with Crippen LogP contribution in [0, 0.1) is 10.1 Å². The van der Waals surface area contributed by atoms with Crippen molar-refractivity contribution in [3.63, 3.8) is 0 Å². The van der Waals surface area contributed by atoms with Crippen LogP contribution in [0.15, 0.2) is 48.5 Å². The number of quaternary nitrogens is 1. The second kappa shape index (κ2) is 8.11. The quantitative estimate of drug-likeness (QED) is 0.441. The van der Waals surface area contributed by atoms with Crippen LogP contribution < -0.4 is 19.4 Å². The molecule has 0 unspecified atom stereocenters. The number of benzene rings is 2. The molecule has 0 aliphatic carbocycles. The summed E-state index contributed by atoms with van der Waals surface area (Å²) in [5, 5.41) is 10.8. The SMILES string of the molecule is COc1ccccc1N1C(=O)C[C@@H]([NH+]2CCN(c3ccc([N+](=O)[O-])cc3)CC2)C1=O. The van der Waals surface area contributed by atoms with E-state index in [2.05, 4.69) is 4.90 Å². The van der Waals surface area contributed by atoms with Crippen LogP contribution in [0.4, 0.5) is 17.1 Å². The third-order valence-electron chi connectivity index (χ3n) is 5.80. The molecular weight excluding hydrogens is 388 g/mol. The first kappa shape index (κ1) is 19.8. The van der Waals surface area contributed by atoms with Gasteiger partial charge in [0.2, 0.25) is 5.91 Å². The van der Waals surface area contributed by atoms with Gasteiger partial charge in [0.15, 0.2) is 6.04 Å². The van der Waals surface area contributed by atoms with Gasteiger partial charge in [-0.25, -0.2) is 4.90 Å². The van der Waals surface area contributed by atoms with Crippen molar-refractivity contribution in [1.29, 1.82) is 0 Å². The maximum atomic E-state index is 13.1. The summed E-state index contributed by atoms with van der Waals surface area (Å²) in [6, 6.07) is 13.1. The van der Waals surface area contributed by atoms with Crippen molar-refractivity contribution in [1.82, 2.24) is 0 Å². The smallest absolute Gasteiger partial charge is 0.292 e. The number of hydrogen-bond acceptors (Lipinski definition) is 6. The Morgan fingerprint density at radius 1 is 1.07 bits per heavy atom. The molecule has 2 aromatic carbocycles. The lowest BCUT2D eigenvalue weighted by molar-refractivity contribution is -0.915. The van der Waals surface area contributed by atoms with E-state index in [-0.39, 0.29) is 23.9 Å². The van der Waals surface area contributed by atoms with E-state index in [1.165, 1.54) is 24.1 Å². The summed E-state index contributed by atoms with van der Waals surface area (Å²) in [5.74, 6) is 0.0981. The predicted octanol–water partition coefficient (Wildman–Crippen LogP) is 0.640. The summed E-state index contributed by atoms with van der Waals surface area (Å²) in [6.07, 6.45) is 0.184. The Morgan fingerprint density at radius 3 is 2.37 bits per heavy atom. The van der Waals surface area contributed by atoms with Gasteiger partial charge in [-0.15, -0.1) is 0 Å². The first-order chi connectivity index (χ1) is 14.5. The number of rotatable bonds is 5. The summed E-state index contributed by atoms with van der Waals surface area (Å²) in [5.41, 5.74) is 1.47. The Balaban J connectivity index is 1.43. The highest BCUT2D eigenvalue weighted by atomic mass is 16.6. The van der Waals surface area contributed by atoms with Gasteiger partial charge in [0.25, 0.3) is 11.6 Å². The number of nitro benzene ring substituents is 1. The Hall–Kier alpha value is -3.46. The number of non-ortho nitro benzene ring substituents is 1. The number of amides is 2. The third kappa shape index (κ3) is 3.59. The lowest BCUT2D eigenvalue weighted by atomic mass is 10.1. The molecule has 9 nitrogen and oxygen atoms in total. The van der Waals surface area contributed by atoms with E-state index in [1.807, 2.05) is 0 Å². The first-order valence-electron chi connectivity index (χ1n) is 9.83. The van der Waals surface area contributed by atoms with Crippen LogP contribution in [0.1, 0.15) is 6.42 Å². The minimum absolute atomic E-state index is 0.0644. The molecule has 9 heteroatoms. The Kier molecular flexibility index (Phi) is 5.37. The Labute approximate surface area is 173 Å². The number of nitrogens with one attached hydrogen (secondary N) is 1. The van der Waals surface area contributed by atoms with Crippen LogP contribution in [0.3, 0.4) is 0 Å². The van der Waals surface area contributed by atoms with Gasteiger partial charge in [-0.3, -0.25) is 19.7 Å². The molecule has 0 saturated carbocycles. The number of hydrogen-bond donors (Lipinski definition) is 1. The molecule has 2 heterocycles. The van der Waals surface area contributed by atoms with E-state index in [0.29, 0.717) is 37.6 Å². The number of para-hydroxylation sites is 2. The number of anilines is 2. The zero-order valence-electron chi connectivity index (χ0n) is 16.6. The van der Waals surface area contributed by atoms with Gasteiger partial charge in [0.1, 0.15) is 5.75 Å². The normalized spacial score (nSPS) is 20.0. The van der Waals surface area contributed by atoms with E-state index in [4.69, 9.17) is 4.74 Å². The van der Waals surface area contributed by atoms with Gasteiger partial charge in [0.05, 0.1) is 50.3 Å². The number of imide groups is 1. The van der Waals surface area contributed by atoms with Crippen LogP contribution in [-0.2, 0) is 9.59 Å². The van der Waals surface area contributed by atoms with Crippen LogP contribution in [0.25, 0.3) is 0 Å². The topological polar surface area (TPSA) is 97.4 Å². The third-order valence-corrected chi connectivity index (χ3v) is 5.80. The van der Waals surface area contributed by atoms with Crippen LogP contribution in [0.2, 0.25) is 0 Å². The van der Waals surface area contributed by atoms with Gasteiger partial charge in [-0.1, -0.05) is 12.1 Å². The van der Waals surface area contributed by atoms with Crippen molar-refractivity contribution in [2.45, 2.75) is 12.5 Å². The minimum atomic E-state index is -0.415. The molecule has 30 heavy (non-hydrogen) atoms. The van der Waals surface area contributed by atoms with Gasteiger partial charge in [0, 0.05) is 17.8 Å². The maximum absolute atomic E-state index is 13.1. The summed E-state index contributed by atoms with van der Waals surface area (Å²) < 4.78 is 5.32. The number of carbonyl (C=O) groups excluding carboxylic acids is 2. The van der Waals surface area contributed by atoms with E-state index in [9.17, 15) is 19.7 Å². The predicted molar refractivity (Wildman–Crippen MR) is 110 cm³/mol. The number of methoxy groups -OCH3 is 1. The molecule has 0 spiro atoms. The van der Waals surface area contributed by atoms with Crippen LogP contribution >= 0.6 is 0 Å². The Morgan fingerprint density at radius 2 is 1.73 bits per heavy atom. The van der Waals surface area contributed by atoms with Crippen LogP contribution in [-0.4, -0.2) is 56.1 Å². The van der Waals surface area contributed by atoms with Gasteiger partial charge in [-0.05, 0) is 24.3 Å². The fourth-order valence-electron chi connectivity index (χ4n) is 4.20. The fourth-order valence-corrected chi connectivity index (χ4v) is 4.20. The number of nitro groups is 1.